The molecule has 1 saturated heterocycles. The fraction of sp³-hybridized carbons (Fsp3) is 0.368. The van der Waals surface area contributed by atoms with Crippen molar-refractivity contribution < 1.29 is 14.3 Å². The normalized spacial score (nSPS) is 15.5. The molecule has 1 N–H and O–H groups in total. The van der Waals surface area contributed by atoms with Gasteiger partial charge < -0.3 is 10.0 Å². The molecular weight excluding hydrogens is 307 g/mol. The van der Waals surface area contributed by atoms with Crippen LogP contribution in [0.1, 0.15) is 35.8 Å². The van der Waals surface area contributed by atoms with Crippen LogP contribution in [0.15, 0.2) is 30.3 Å². The first-order valence-electron chi connectivity index (χ1n) is 8.22. The number of rotatable bonds is 3. The maximum Gasteiger partial charge on any atom is 0.340 e. The van der Waals surface area contributed by atoms with Crippen LogP contribution >= 0.6 is 0 Å². The summed E-state index contributed by atoms with van der Waals surface area (Å²) < 4.78 is 14.2. The number of hydrogen-bond acceptors (Lipinski definition) is 3. The predicted molar refractivity (Wildman–Crippen MR) is 91.9 cm³/mol. The molecule has 5 heteroatoms. The molecule has 0 spiro atoms. The number of aromatic nitrogens is 1. The quantitative estimate of drug-likeness (QED) is 0.920. The second-order valence-corrected chi connectivity index (χ2v) is 6.46. The summed E-state index contributed by atoms with van der Waals surface area (Å²) in [6.07, 6.45) is 2.01. The standard InChI is InChI=1S/C19H21FN2O2/c1-12-7-9-22(10-8-12)18-17(19(23)24)15(11-13(2)21-18)14-5-3-4-6-16(14)20/h3-6,11-12H,7-10H2,1-2H3,(H,23,24). The fourth-order valence-corrected chi connectivity index (χ4v) is 3.21. The average Bonchev–Trinajstić information content (AvgIpc) is 2.55. The van der Waals surface area contributed by atoms with Gasteiger partial charge in [0.1, 0.15) is 17.2 Å². The Balaban J connectivity index is 2.16. The van der Waals surface area contributed by atoms with E-state index in [1.54, 1.807) is 24.3 Å². The third kappa shape index (κ3) is 3.11. The number of pyridine rings is 1. The maximum absolute atomic E-state index is 14.2. The Morgan fingerprint density at radius 1 is 1.25 bits per heavy atom. The third-order valence-electron chi connectivity index (χ3n) is 4.59. The van der Waals surface area contributed by atoms with Crippen LogP contribution in [0.5, 0.6) is 0 Å². The minimum absolute atomic E-state index is 0.0836. The van der Waals surface area contributed by atoms with E-state index in [4.69, 9.17) is 0 Å². The number of halogens is 1. The van der Waals surface area contributed by atoms with Crippen molar-refractivity contribution in [1.82, 2.24) is 4.98 Å². The average molecular weight is 328 g/mol. The van der Waals surface area contributed by atoms with E-state index >= 15 is 0 Å². The number of benzene rings is 1. The van der Waals surface area contributed by atoms with E-state index in [-0.39, 0.29) is 5.56 Å². The van der Waals surface area contributed by atoms with Crippen LogP contribution in [-0.2, 0) is 0 Å². The van der Waals surface area contributed by atoms with Gasteiger partial charge >= 0.3 is 5.97 Å². The molecule has 0 amide bonds. The summed E-state index contributed by atoms with van der Waals surface area (Å²) in [5.74, 6) is -0.420. The lowest BCUT2D eigenvalue weighted by molar-refractivity contribution is 0.0698. The predicted octanol–water partition coefficient (Wildman–Crippen LogP) is 4.13. The lowest BCUT2D eigenvalue weighted by Crippen LogP contribution is -2.35. The zero-order valence-corrected chi connectivity index (χ0v) is 13.9. The number of carboxylic acids is 1. The first kappa shape index (κ1) is 16.4. The number of piperidine rings is 1. The summed E-state index contributed by atoms with van der Waals surface area (Å²) in [5, 5.41) is 9.78. The van der Waals surface area contributed by atoms with Gasteiger partial charge in [-0.05, 0) is 37.8 Å². The largest absolute Gasteiger partial charge is 0.478 e. The number of carbonyl (C=O) groups is 1. The van der Waals surface area contributed by atoms with Gasteiger partial charge in [0.2, 0.25) is 0 Å². The summed E-state index contributed by atoms with van der Waals surface area (Å²) in [5.41, 5.74) is 1.46. The second-order valence-electron chi connectivity index (χ2n) is 6.46. The molecule has 4 nitrogen and oxygen atoms in total. The Morgan fingerprint density at radius 2 is 1.92 bits per heavy atom. The highest BCUT2D eigenvalue weighted by atomic mass is 19.1. The Kier molecular flexibility index (Phi) is 4.51. The first-order valence-corrected chi connectivity index (χ1v) is 8.22. The third-order valence-corrected chi connectivity index (χ3v) is 4.59. The smallest absolute Gasteiger partial charge is 0.340 e. The lowest BCUT2D eigenvalue weighted by Gasteiger charge is -2.32. The van der Waals surface area contributed by atoms with E-state index in [9.17, 15) is 14.3 Å². The van der Waals surface area contributed by atoms with E-state index in [0.717, 1.165) is 25.9 Å². The van der Waals surface area contributed by atoms with Gasteiger partial charge in [-0.3, -0.25) is 0 Å². The van der Waals surface area contributed by atoms with Gasteiger partial charge in [-0.2, -0.15) is 0 Å². The Bertz CT molecular complexity index is 768. The zero-order valence-electron chi connectivity index (χ0n) is 13.9. The highest BCUT2D eigenvalue weighted by Gasteiger charge is 2.26. The zero-order chi connectivity index (χ0) is 17.3. The van der Waals surface area contributed by atoms with Crippen LogP contribution in [0.25, 0.3) is 11.1 Å². The Morgan fingerprint density at radius 3 is 2.54 bits per heavy atom. The number of aromatic carboxylic acids is 1. The van der Waals surface area contributed by atoms with E-state index < -0.39 is 11.8 Å². The van der Waals surface area contributed by atoms with E-state index in [0.29, 0.717) is 28.6 Å². The molecule has 0 atom stereocenters. The summed E-state index contributed by atoms with van der Waals surface area (Å²) in [6.45, 7) is 5.55. The number of anilines is 1. The van der Waals surface area contributed by atoms with E-state index in [1.807, 2.05) is 11.8 Å². The Labute approximate surface area is 141 Å². The molecule has 1 aliphatic rings. The first-order chi connectivity index (χ1) is 11.5. The van der Waals surface area contributed by atoms with Gasteiger partial charge in [0.05, 0.1) is 0 Å². The molecule has 1 aromatic heterocycles. The van der Waals surface area contributed by atoms with Crippen molar-refractivity contribution in [3.8, 4) is 11.1 Å². The maximum atomic E-state index is 14.2. The molecule has 0 saturated carbocycles. The molecule has 1 aliphatic heterocycles. The van der Waals surface area contributed by atoms with Gasteiger partial charge in [0, 0.05) is 29.9 Å². The van der Waals surface area contributed by atoms with Gasteiger partial charge in [0.25, 0.3) is 0 Å². The minimum Gasteiger partial charge on any atom is -0.478 e. The van der Waals surface area contributed by atoms with Crippen LogP contribution in [0.4, 0.5) is 10.2 Å². The van der Waals surface area contributed by atoms with E-state index in [1.165, 1.54) is 6.07 Å². The monoisotopic (exact) mass is 328 g/mol. The minimum atomic E-state index is -1.07. The van der Waals surface area contributed by atoms with Crippen molar-refractivity contribution in [3.05, 3.63) is 47.4 Å². The molecule has 24 heavy (non-hydrogen) atoms. The molecule has 0 radical (unpaired) electrons. The second kappa shape index (κ2) is 6.59. The SMILES string of the molecule is Cc1cc(-c2ccccc2F)c(C(=O)O)c(N2CCC(C)CC2)n1. The van der Waals surface area contributed by atoms with E-state index in [2.05, 4.69) is 11.9 Å². The summed E-state index contributed by atoms with van der Waals surface area (Å²) >= 11 is 0. The van der Waals surface area contributed by atoms with Crippen molar-refractivity contribution in [2.75, 3.05) is 18.0 Å². The van der Waals surface area contributed by atoms with Crippen LogP contribution in [0.3, 0.4) is 0 Å². The highest BCUT2D eigenvalue weighted by molar-refractivity contribution is 6.01. The van der Waals surface area contributed by atoms with Crippen LogP contribution < -0.4 is 4.90 Å². The van der Waals surface area contributed by atoms with Crippen LogP contribution in [-0.4, -0.2) is 29.1 Å². The number of nitrogens with zero attached hydrogens (tertiary/aromatic N) is 2. The molecule has 0 aliphatic carbocycles. The van der Waals surface area contributed by atoms with Crippen molar-refractivity contribution in [2.24, 2.45) is 5.92 Å². The van der Waals surface area contributed by atoms with Crippen molar-refractivity contribution in [2.45, 2.75) is 26.7 Å². The molecule has 0 unspecified atom stereocenters. The topological polar surface area (TPSA) is 53.4 Å². The number of carboxylic acid groups (broad SMARTS) is 1. The van der Waals surface area contributed by atoms with Crippen molar-refractivity contribution in [1.29, 1.82) is 0 Å². The molecule has 1 fully saturated rings. The lowest BCUT2D eigenvalue weighted by atomic mass is 9.96. The number of aryl methyl sites for hydroxylation is 1. The summed E-state index contributed by atoms with van der Waals surface area (Å²) in [6, 6.07) is 7.91. The molecule has 2 aromatic rings. The molecule has 3 rings (SSSR count). The molecule has 0 bridgehead atoms. The molecule has 126 valence electrons. The van der Waals surface area contributed by atoms with Gasteiger partial charge in [-0.25, -0.2) is 14.2 Å². The fourth-order valence-electron chi connectivity index (χ4n) is 3.21. The highest BCUT2D eigenvalue weighted by Crippen LogP contribution is 2.34. The molecule has 2 heterocycles. The number of hydrogen-bond donors (Lipinski definition) is 1. The van der Waals surface area contributed by atoms with Crippen molar-refractivity contribution in [3.63, 3.8) is 0 Å². The summed E-state index contributed by atoms with van der Waals surface area (Å²) in [7, 11) is 0. The van der Waals surface area contributed by atoms with Crippen molar-refractivity contribution >= 4 is 11.8 Å². The van der Waals surface area contributed by atoms with Crippen LogP contribution in [0.2, 0.25) is 0 Å². The molecule has 1 aromatic carbocycles. The van der Waals surface area contributed by atoms with Crippen LogP contribution in [0, 0.1) is 18.7 Å². The summed E-state index contributed by atoms with van der Waals surface area (Å²) in [4.78, 5) is 18.5. The van der Waals surface area contributed by atoms with Gasteiger partial charge in [-0.1, -0.05) is 25.1 Å². The van der Waals surface area contributed by atoms with Gasteiger partial charge in [-0.15, -0.1) is 0 Å². The molecular formula is C19H21FN2O2. The van der Waals surface area contributed by atoms with Gasteiger partial charge in [0.15, 0.2) is 0 Å². The Hall–Kier alpha value is -2.43.